The van der Waals surface area contributed by atoms with Gasteiger partial charge in [-0.1, -0.05) is 42.5 Å². The van der Waals surface area contributed by atoms with Gasteiger partial charge in [-0.05, 0) is 59.7 Å². The van der Waals surface area contributed by atoms with Gasteiger partial charge in [-0.2, -0.15) is 0 Å². The molecule has 1 aromatic heterocycles. The Morgan fingerprint density at radius 1 is 1.08 bits per heavy atom. The fourth-order valence-corrected chi connectivity index (χ4v) is 4.14. The topological polar surface area (TPSA) is 62.4 Å². The lowest BCUT2D eigenvalue weighted by Crippen LogP contribution is -2.45. The molecule has 5 nitrogen and oxygen atoms in total. The van der Waals surface area contributed by atoms with E-state index in [4.69, 9.17) is 4.63 Å². The highest BCUT2D eigenvalue weighted by Gasteiger charge is 2.34. The van der Waals surface area contributed by atoms with E-state index in [1.54, 1.807) is 0 Å². The van der Waals surface area contributed by atoms with Crippen LogP contribution in [0.4, 0.5) is 0 Å². The smallest absolute Gasteiger partial charge is 0.139 e. The average Bonchev–Trinajstić information content (AvgIpc) is 3.17. The molecule has 0 bridgehead atoms. The number of rotatable bonds is 6. The van der Waals surface area contributed by atoms with E-state index in [-0.39, 0.29) is 12.0 Å². The van der Waals surface area contributed by atoms with Gasteiger partial charge < -0.3 is 5.11 Å². The summed E-state index contributed by atoms with van der Waals surface area (Å²) in [7, 11) is 0. The fourth-order valence-electron chi connectivity index (χ4n) is 4.14. The van der Waals surface area contributed by atoms with E-state index in [1.807, 2.05) is 18.2 Å². The van der Waals surface area contributed by atoms with Crippen LogP contribution in [0, 0.1) is 5.41 Å². The lowest BCUT2D eigenvalue weighted by atomic mass is 9.76. The van der Waals surface area contributed by atoms with Crippen molar-refractivity contribution >= 4 is 11.0 Å². The normalized spacial score (nSPS) is 21.3. The van der Waals surface area contributed by atoms with Crippen molar-refractivity contribution in [2.75, 3.05) is 19.7 Å². The van der Waals surface area contributed by atoms with E-state index in [0.717, 1.165) is 61.9 Å². The van der Waals surface area contributed by atoms with Crippen LogP contribution in [0.1, 0.15) is 30.4 Å². The Morgan fingerprint density at radius 2 is 1.96 bits per heavy atom. The Hall–Kier alpha value is -2.24. The summed E-state index contributed by atoms with van der Waals surface area (Å²) in [4.78, 5) is 2.44. The number of hydrogen-bond donors (Lipinski definition) is 1. The molecule has 4 rings (SSSR count). The Kier molecular flexibility index (Phi) is 5.00. The predicted octanol–water partition coefficient (Wildman–Crippen LogP) is 3.43. The molecule has 1 atom stereocenters. The first-order valence-corrected chi connectivity index (χ1v) is 9.35. The second-order valence-corrected chi connectivity index (χ2v) is 7.51. The first-order valence-electron chi connectivity index (χ1n) is 9.35. The summed E-state index contributed by atoms with van der Waals surface area (Å²) in [5.74, 6) is 0. The second kappa shape index (κ2) is 7.56. The van der Waals surface area contributed by atoms with Gasteiger partial charge in [-0.3, -0.25) is 4.90 Å². The molecule has 0 spiro atoms. The molecule has 0 radical (unpaired) electrons. The SMILES string of the molecule is OCC1(CCc2ccccc2)CCCN(Cc2cccc3nonc23)C1. The van der Waals surface area contributed by atoms with Gasteiger partial charge in [-0.15, -0.1) is 0 Å². The van der Waals surface area contributed by atoms with Crippen LogP contribution in [0.5, 0.6) is 0 Å². The molecule has 2 aromatic carbocycles. The average molecular weight is 351 g/mol. The molecule has 2 heterocycles. The number of nitrogens with zero attached hydrogens (tertiary/aromatic N) is 3. The van der Waals surface area contributed by atoms with Crippen LogP contribution < -0.4 is 0 Å². The lowest BCUT2D eigenvalue weighted by Gasteiger charge is -2.42. The van der Waals surface area contributed by atoms with E-state index in [1.165, 1.54) is 5.56 Å². The molecule has 0 aliphatic carbocycles. The van der Waals surface area contributed by atoms with Crippen molar-refractivity contribution in [3.63, 3.8) is 0 Å². The molecule has 0 saturated carbocycles. The molecule has 1 N–H and O–H groups in total. The molecular weight excluding hydrogens is 326 g/mol. The minimum absolute atomic E-state index is 0.0237. The quantitative estimate of drug-likeness (QED) is 0.737. The maximum absolute atomic E-state index is 10.2. The molecule has 3 aromatic rings. The van der Waals surface area contributed by atoms with Crippen molar-refractivity contribution in [1.82, 2.24) is 15.2 Å². The molecule has 1 unspecified atom stereocenters. The summed E-state index contributed by atoms with van der Waals surface area (Å²) < 4.78 is 4.89. The first kappa shape index (κ1) is 17.2. The van der Waals surface area contributed by atoms with Crippen LogP contribution in [0.15, 0.2) is 53.2 Å². The zero-order valence-corrected chi connectivity index (χ0v) is 15.0. The maximum Gasteiger partial charge on any atom is 0.139 e. The minimum atomic E-state index is -0.0237. The third kappa shape index (κ3) is 3.64. The van der Waals surface area contributed by atoms with Crippen molar-refractivity contribution in [2.24, 2.45) is 5.41 Å². The van der Waals surface area contributed by atoms with Crippen molar-refractivity contribution in [2.45, 2.75) is 32.2 Å². The van der Waals surface area contributed by atoms with Crippen LogP contribution in [0.2, 0.25) is 0 Å². The highest BCUT2D eigenvalue weighted by molar-refractivity contribution is 5.76. The van der Waals surface area contributed by atoms with Crippen LogP contribution in [-0.4, -0.2) is 40.0 Å². The highest BCUT2D eigenvalue weighted by Crippen LogP contribution is 2.35. The van der Waals surface area contributed by atoms with Gasteiger partial charge in [0.05, 0.1) is 0 Å². The second-order valence-electron chi connectivity index (χ2n) is 7.51. The standard InChI is InChI=1S/C21H25N3O2/c25-16-21(12-10-17-6-2-1-3-7-17)11-5-13-24(15-21)14-18-8-4-9-19-20(18)23-26-22-19/h1-4,6-9,25H,5,10-16H2. The molecule has 26 heavy (non-hydrogen) atoms. The summed E-state index contributed by atoms with van der Waals surface area (Å²) >= 11 is 0. The van der Waals surface area contributed by atoms with Gasteiger partial charge in [0.25, 0.3) is 0 Å². The van der Waals surface area contributed by atoms with E-state index >= 15 is 0 Å². The third-order valence-corrected chi connectivity index (χ3v) is 5.63. The number of benzene rings is 2. The van der Waals surface area contributed by atoms with Crippen molar-refractivity contribution in [3.8, 4) is 0 Å². The number of hydrogen-bond acceptors (Lipinski definition) is 5. The van der Waals surface area contributed by atoms with E-state index in [9.17, 15) is 5.11 Å². The number of piperidine rings is 1. The molecule has 5 heteroatoms. The Labute approximate surface area is 153 Å². The number of aliphatic hydroxyl groups is 1. The van der Waals surface area contributed by atoms with Gasteiger partial charge >= 0.3 is 0 Å². The fraction of sp³-hybridized carbons (Fsp3) is 0.429. The van der Waals surface area contributed by atoms with E-state index < -0.39 is 0 Å². The molecule has 1 aliphatic rings. The largest absolute Gasteiger partial charge is 0.396 e. The zero-order chi connectivity index (χ0) is 17.8. The number of aromatic nitrogens is 2. The summed E-state index contributed by atoms with van der Waals surface area (Å²) in [6, 6.07) is 16.6. The molecule has 0 amide bonds. The number of aryl methyl sites for hydroxylation is 1. The lowest BCUT2D eigenvalue weighted by molar-refractivity contribution is 0.0225. The first-order chi connectivity index (χ1) is 12.8. The number of aliphatic hydroxyl groups excluding tert-OH is 1. The monoisotopic (exact) mass is 351 g/mol. The molecular formula is C21H25N3O2. The highest BCUT2D eigenvalue weighted by atomic mass is 16.6. The summed E-state index contributed by atoms with van der Waals surface area (Å²) in [6.07, 6.45) is 4.22. The molecule has 1 aliphatic heterocycles. The van der Waals surface area contributed by atoms with E-state index in [2.05, 4.69) is 45.5 Å². The summed E-state index contributed by atoms with van der Waals surface area (Å²) in [6.45, 7) is 3.03. The van der Waals surface area contributed by atoms with Crippen molar-refractivity contribution in [3.05, 3.63) is 59.7 Å². The number of likely N-dealkylation sites (tertiary alicyclic amines) is 1. The van der Waals surface area contributed by atoms with Gasteiger partial charge in [0.2, 0.25) is 0 Å². The zero-order valence-electron chi connectivity index (χ0n) is 15.0. The van der Waals surface area contributed by atoms with Crippen molar-refractivity contribution in [1.29, 1.82) is 0 Å². The minimum Gasteiger partial charge on any atom is -0.396 e. The summed E-state index contributed by atoms with van der Waals surface area (Å²) in [5.41, 5.74) is 4.11. The number of fused-ring (bicyclic) bond motifs is 1. The van der Waals surface area contributed by atoms with Gasteiger partial charge in [0.1, 0.15) is 11.0 Å². The Bertz CT molecular complexity index is 849. The van der Waals surface area contributed by atoms with Gasteiger partial charge in [0, 0.05) is 25.1 Å². The van der Waals surface area contributed by atoms with Crippen LogP contribution in [-0.2, 0) is 13.0 Å². The Balaban J connectivity index is 1.46. The van der Waals surface area contributed by atoms with Crippen LogP contribution in [0.3, 0.4) is 0 Å². The maximum atomic E-state index is 10.2. The van der Waals surface area contributed by atoms with Crippen LogP contribution in [0.25, 0.3) is 11.0 Å². The molecule has 136 valence electrons. The predicted molar refractivity (Wildman–Crippen MR) is 101 cm³/mol. The Morgan fingerprint density at radius 3 is 2.81 bits per heavy atom. The molecule has 1 fully saturated rings. The molecule has 1 saturated heterocycles. The van der Waals surface area contributed by atoms with Gasteiger partial charge in [0.15, 0.2) is 0 Å². The van der Waals surface area contributed by atoms with Gasteiger partial charge in [-0.25, -0.2) is 4.63 Å². The summed E-state index contributed by atoms with van der Waals surface area (Å²) in [5, 5.41) is 18.2. The van der Waals surface area contributed by atoms with E-state index in [0.29, 0.717) is 0 Å². The van der Waals surface area contributed by atoms with Crippen LogP contribution >= 0.6 is 0 Å². The third-order valence-electron chi connectivity index (χ3n) is 5.63. The van der Waals surface area contributed by atoms with Crippen molar-refractivity contribution < 1.29 is 9.74 Å².